The Balaban J connectivity index is 1.63. The molecule has 0 unspecified atom stereocenters. The van der Waals surface area contributed by atoms with Gasteiger partial charge in [0.2, 0.25) is 18.6 Å². The molecule has 0 radical (unpaired) electrons. The fraction of sp³-hybridized carbons (Fsp3) is 0.125. The molecule has 1 aliphatic heterocycles. The van der Waals surface area contributed by atoms with Gasteiger partial charge in [-0.1, -0.05) is 6.07 Å². The zero-order valence-corrected chi connectivity index (χ0v) is 12.1. The molecule has 8 heteroatoms. The molecule has 0 N–H and O–H groups in total. The standard InChI is InChI=1S/C16H10F2N2O4/c17-16(18)23-11-3-1-2-9(6-11)14-19-20-15(24-14)10-4-5-12-13(7-10)22-8-21-12/h1-7,16H,8H2. The normalized spacial score (nSPS) is 12.6. The summed E-state index contributed by atoms with van der Waals surface area (Å²) in [7, 11) is 0. The lowest BCUT2D eigenvalue weighted by Crippen LogP contribution is -2.01. The van der Waals surface area contributed by atoms with Gasteiger partial charge in [-0.3, -0.25) is 0 Å². The van der Waals surface area contributed by atoms with E-state index in [1.807, 2.05) is 0 Å². The fourth-order valence-corrected chi connectivity index (χ4v) is 2.29. The van der Waals surface area contributed by atoms with Gasteiger partial charge in [-0.15, -0.1) is 10.2 Å². The molecule has 0 fully saturated rings. The molecule has 0 amide bonds. The van der Waals surface area contributed by atoms with Crippen molar-refractivity contribution in [2.24, 2.45) is 0 Å². The third-order valence-corrected chi connectivity index (χ3v) is 3.35. The van der Waals surface area contributed by atoms with Crippen LogP contribution in [0.4, 0.5) is 8.78 Å². The molecule has 1 aromatic heterocycles. The molecule has 6 nitrogen and oxygen atoms in total. The summed E-state index contributed by atoms with van der Waals surface area (Å²) in [4.78, 5) is 0. The number of halogens is 2. The largest absolute Gasteiger partial charge is 0.454 e. The second-order valence-electron chi connectivity index (χ2n) is 4.89. The summed E-state index contributed by atoms with van der Waals surface area (Å²) in [5.41, 5.74) is 1.14. The van der Waals surface area contributed by atoms with E-state index in [-0.39, 0.29) is 24.3 Å². The van der Waals surface area contributed by atoms with Gasteiger partial charge >= 0.3 is 6.61 Å². The molecular weight excluding hydrogens is 322 g/mol. The lowest BCUT2D eigenvalue weighted by molar-refractivity contribution is -0.0498. The Morgan fingerprint density at radius 2 is 1.67 bits per heavy atom. The minimum absolute atomic E-state index is 0.0188. The van der Waals surface area contributed by atoms with Crippen molar-refractivity contribution in [1.82, 2.24) is 10.2 Å². The Morgan fingerprint density at radius 1 is 0.917 bits per heavy atom. The minimum Gasteiger partial charge on any atom is -0.454 e. The Bertz CT molecular complexity index is 882. The second-order valence-corrected chi connectivity index (χ2v) is 4.89. The second kappa shape index (κ2) is 5.80. The number of hydrogen-bond donors (Lipinski definition) is 0. The first-order chi connectivity index (χ1) is 11.7. The van der Waals surface area contributed by atoms with E-state index in [9.17, 15) is 8.78 Å². The van der Waals surface area contributed by atoms with E-state index in [0.29, 0.717) is 22.6 Å². The monoisotopic (exact) mass is 332 g/mol. The van der Waals surface area contributed by atoms with Gasteiger partial charge in [0.1, 0.15) is 5.75 Å². The number of nitrogens with zero attached hydrogens (tertiary/aromatic N) is 2. The first-order valence-electron chi connectivity index (χ1n) is 6.98. The van der Waals surface area contributed by atoms with Crippen LogP contribution in [0.25, 0.3) is 22.9 Å². The average Bonchev–Trinajstić information content (AvgIpc) is 3.23. The van der Waals surface area contributed by atoms with Crippen LogP contribution in [0.2, 0.25) is 0 Å². The number of hydrogen-bond acceptors (Lipinski definition) is 6. The average molecular weight is 332 g/mol. The van der Waals surface area contributed by atoms with Crippen molar-refractivity contribution >= 4 is 0 Å². The molecule has 3 aromatic rings. The van der Waals surface area contributed by atoms with Crippen LogP contribution < -0.4 is 14.2 Å². The first-order valence-corrected chi connectivity index (χ1v) is 6.98. The lowest BCUT2D eigenvalue weighted by Gasteiger charge is -2.04. The van der Waals surface area contributed by atoms with Gasteiger partial charge < -0.3 is 18.6 Å². The maximum atomic E-state index is 12.3. The predicted molar refractivity (Wildman–Crippen MR) is 77.9 cm³/mol. The maximum Gasteiger partial charge on any atom is 0.387 e. The molecule has 0 spiro atoms. The molecule has 0 atom stereocenters. The summed E-state index contributed by atoms with van der Waals surface area (Å²) in [6.07, 6.45) is 0. The number of fused-ring (bicyclic) bond motifs is 1. The summed E-state index contributed by atoms with van der Waals surface area (Å²) in [5, 5.41) is 7.92. The van der Waals surface area contributed by atoms with E-state index < -0.39 is 6.61 Å². The number of rotatable bonds is 4. The fourth-order valence-electron chi connectivity index (χ4n) is 2.29. The molecule has 2 aromatic carbocycles. The summed E-state index contributed by atoms with van der Waals surface area (Å²) in [5.74, 6) is 1.74. The zero-order valence-electron chi connectivity index (χ0n) is 12.1. The molecule has 1 aliphatic rings. The van der Waals surface area contributed by atoms with Gasteiger partial charge in [0.05, 0.1) is 0 Å². The Hall–Kier alpha value is -3.16. The lowest BCUT2D eigenvalue weighted by atomic mass is 10.2. The maximum absolute atomic E-state index is 12.3. The number of aromatic nitrogens is 2. The smallest absolute Gasteiger partial charge is 0.387 e. The van der Waals surface area contributed by atoms with E-state index in [1.54, 1.807) is 30.3 Å². The van der Waals surface area contributed by atoms with Crippen LogP contribution in [0.3, 0.4) is 0 Å². The van der Waals surface area contributed by atoms with Gasteiger partial charge in [-0.2, -0.15) is 8.78 Å². The molecular formula is C16H10F2N2O4. The van der Waals surface area contributed by atoms with Crippen molar-refractivity contribution in [3.63, 3.8) is 0 Å². The zero-order chi connectivity index (χ0) is 16.5. The van der Waals surface area contributed by atoms with Crippen molar-refractivity contribution in [2.75, 3.05) is 6.79 Å². The molecule has 122 valence electrons. The van der Waals surface area contributed by atoms with Gasteiger partial charge in [0.15, 0.2) is 11.5 Å². The van der Waals surface area contributed by atoms with Gasteiger partial charge in [0.25, 0.3) is 0 Å². The number of alkyl halides is 2. The summed E-state index contributed by atoms with van der Waals surface area (Å²) >= 11 is 0. The van der Waals surface area contributed by atoms with Crippen LogP contribution in [-0.4, -0.2) is 23.6 Å². The quantitative estimate of drug-likeness (QED) is 0.725. The highest BCUT2D eigenvalue weighted by molar-refractivity contribution is 5.62. The van der Waals surface area contributed by atoms with Crippen LogP contribution in [0.15, 0.2) is 46.9 Å². The summed E-state index contributed by atoms with van der Waals surface area (Å²) in [6, 6.07) is 11.3. The van der Waals surface area contributed by atoms with E-state index >= 15 is 0 Å². The van der Waals surface area contributed by atoms with Crippen molar-refractivity contribution < 1.29 is 27.4 Å². The highest BCUT2D eigenvalue weighted by Gasteiger charge is 2.17. The Kier molecular flexibility index (Phi) is 3.49. The van der Waals surface area contributed by atoms with Crippen molar-refractivity contribution in [3.05, 3.63) is 42.5 Å². The van der Waals surface area contributed by atoms with Crippen LogP contribution in [0.1, 0.15) is 0 Å². The van der Waals surface area contributed by atoms with Crippen LogP contribution in [0.5, 0.6) is 17.2 Å². The van der Waals surface area contributed by atoms with Gasteiger partial charge in [0, 0.05) is 11.1 Å². The van der Waals surface area contributed by atoms with E-state index in [4.69, 9.17) is 13.9 Å². The highest BCUT2D eigenvalue weighted by Crippen LogP contribution is 2.36. The SMILES string of the molecule is FC(F)Oc1cccc(-c2nnc(-c3ccc4c(c3)OCO4)o2)c1. The molecule has 0 saturated heterocycles. The van der Waals surface area contributed by atoms with Crippen LogP contribution >= 0.6 is 0 Å². The number of benzene rings is 2. The summed E-state index contributed by atoms with van der Waals surface area (Å²) in [6.45, 7) is -2.72. The molecule has 0 aliphatic carbocycles. The molecule has 4 rings (SSSR count). The van der Waals surface area contributed by atoms with E-state index in [2.05, 4.69) is 14.9 Å². The topological polar surface area (TPSA) is 66.6 Å². The summed E-state index contributed by atoms with van der Waals surface area (Å²) < 4.78 is 45.1. The Labute approximate surface area is 134 Å². The molecule has 0 saturated carbocycles. The highest BCUT2D eigenvalue weighted by atomic mass is 19.3. The van der Waals surface area contributed by atoms with Crippen LogP contribution in [0, 0.1) is 0 Å². The van der Waals surface area contributed by atoms with Crippen molar-refractivity contribution in [2.45, 2.75) is 6.61 Å². The predicted octanol–water partition coefficient (Wildman–Crippen LogP) is 3.73. The van der Waals surface area contributed by atoms with E-state index in [0.717, 1.165) is 0 Å². The first kappa shape index (κ1) is 14.4. The van der Waals surface area contributed by atoms with Gasteiger partial charge in [-0.05, 0) is 36.4 Å². The third kappa shape index (κ3) is 2.73. The third-order valence-electron chi connectivity index (χ3n) is 3.35. The minimum atomic E-state index is -2.90. The van der Waals surface area contributed by atoms with Crippen molar-refractivity contribution in [1.29, 1.82) is 0 Å². The molecule has 0 bridgehead atoms. The molecule has 2 heterocycles. The van der Waals surface area contributed by atoms with E-state index in [1.165, 1.54) is 12.1 Å². The Morgan fingerprint density at radius 3 is 2.46 bits per heavy atom. The molecule has 24 heavy (non-hydrogen) atoms. The van der Waals surface area contributed by atoms with Gasteiger partial charge in [-0.25, -0.2) is 0 Å². The van der Waals surface area contributed by atoms with Crippen LogP contribution in [-0.2, 0) is 0 Å². The number of ether oxygens (including phenoxy) is 3. The van der Waals surface area contributed by atoms with Crippen molar-refractivity contribution in [3.8, 4) is 40.2 Å².